The predicted molar refractivity (Wildman–Crippen MR) is 66.8 cm³/mol. The van der Waals surface area contributed by atoms with Gasteiger partial charge in [0.2, 0.25) is 0 Å². The summed E-state index contributed by atoms with van der Waals surface area (Å²) in [6, 6.07) is 0.340. The Morgan fingerprint density at radius 1 is 1.32 bits per heavy atom. The summed E-state index contributed by atoms with van der Waals surface area (Å²) in [4.78, 5) is 2.26. The highest BCUT2D eigenvalue weighted by Gasteiger charge is 2.36. The van der Waals surface area contributed by atoms with Crippen LogP contribution in [-0.4, -0.2) is 54.0 Å². The molecule has 1 aliphatic carbocycles. The number of rotatable bonds is 4. The molecule has 2 aliphatic rings. The zero-order valence-corrected chi connectivity index (χ0v) is 11.3. The van der Waals surface area contributed by atoms with Crippen molar-refractivity contribution in [2.45, 2.75) is 57.0 Å². The van der Waals surface area contributed by atoms with E-state index in [0.717, 1.165) is 19.4 Å². The monoisotopic (exact) mass is 280 g/mol. The van der Waals surface area contributed by atoms with E-state index in [0.29, 0.717) is 19.0 Å². The van der Waals surface area contributed by atoms with Crippen LogP contribution in [0.5, 0.6) is 0 Å². The molecule has 1 saturated heterocycles. The lowest BCUT2D eigenvalue weighted by Crippen LogP contribution is -2.56. The Bertz CT molecular complexity index is 292. The first-order valence-electron chi connectivity index (χ1n) is 7.07. The summed E-state index contributed by atoms with van der Waals surface area (Å²) in [6.07, 6.45) is -0.521. The van der Waals surface area contributed by atoms with Crippen molar-refractivity contribution >= 4 is 0 Å². The SMILES string of the molecule is CC(O)C1CC(NCC(F)(F)F)CN(C2CCC2)C1. The van der Waals surface area contributed by atoms with Gasteiger partial charge in [0.1, 0.15) is 0 Å². The van der Waals surface area contributed by atoms with Gasteiger partial charge in [-0.3, -0.25) is 4.90 Å². The molecule has 3 unspecified atom stereocenters. The normalized spacial score (nSPS) is 32.1. The Morgan fingerprint density at radius 2 is 2.00 bits per heavy atom. The summed E-state index contributed by atoms with van der Waals surface area (Å²) in [5.74, 6) is 0.0695. The molecule has 3 atom stereocenters. The van der Waals surface area contributed by atoms with E-state index in [1.54, 1.807) is 6.92 Å². The topological polar surface area (TPSA) is 35.5 Å². The molecule has 2 fully saturated rings. The average molecular weight is 280 g/mol. The average Bonchev–Trinajstić information content (AvgIpc) is 2.22. The molecular weight excluding hydrogens is 257 g/mol. The third-order valence-corrected chi connectivity index (χ3v) is 4.38. The molecule has 1 heterocycles. The summed E-state index contributed by atoms with van der Waals surface area (Å²) in [6.45, 7) is 2.27. The van der Waals surface area contributed by atoms with E-state index >= 15 is 0 Å². The first-order valence-corrected chi connectivity index (χ1v) is 7.07. The molecule has 1 saturated carbocycles. The summed E-state index contributed by atoms with van der Waals surface area (Å²) in [7, 11) is 0. The highest BCUT2D eigenvalue weighted by Crippen LogP contribution is 2.30. The summed E-state index contributed by atoms with van der Waals surface area (Å²) >= 11 is 0. The minimum absolute atomic E-state index is 0.0695. The molecule has 6 heteroatoms. The molecule has 0 aromatic carbocycles. The summed E-state index contributed by atoms with van der Waals surface area (Å²) in [5, 5.41) is 12.3. The van der Waals surface area contributed by atoms with Crippen molar-refractivity contribution in [3.63, 3.8) is 0 Å². The number of alkyl halides is 3. The van der Waals surface area contributed by atoms with E-state index in [-0.39, 0.29) is 12.0 Å². The quantitative estimate of drug-likeness (QED) is 0.824. The van der Waals surface area contributed by atoms with Crippen molar-refractivity contribution in [3.8, 4) is 0 Å². The molecule has 112 valence electrons. The number of aliphatic hydroxyl groups is 1. The fourth-order valence-corrected chi connectivity index (χ4v) is 2.98. The summed E-state index contributed by atoms with van der Waals surface area (Å²) < 4.78 is 36.8. The molecule has 3 nitrogen and oxygen atoms in total. The van der Waals surface area contributed by atoms with Crippen molar-refractivity contribution < 1.29 is 18.3 Å². The molecule has 0 amide bonds. The first kappa shape index (κ1) is 15.1. The van der Waals surface area contributed by atoms with E-state index < -0.39 is 18.8 Å². The third-order valence-electron chi connectivity index (χ3n) is 4.38. The van der Waals surface area contributed by atoms with E-state index in [2.05, 4.69) is 10.2 Å². The van der Waals surface area contributed by atoms with Crippen LogP contribution in [0.15, 0.2) is 0 Å². The van der Waals surface area contributed by atoms with Crippen molar-refractivity contribution in [2.75, 3.05) is 19.6 Å². The van der Waals surface area contributed by atoms with Crippen molar-refractivity contribution in [1.29, 1.82) is 0 Å². The second-order valence-corrected chi connectivity index (χ2v) is 5.97. The standard InChI is InChI=1S/C13H23F3N2O/c1-9(19)10-5-11(17-8-13(14,15)16)7-18(6-10)12-3-2-4-12/h9-12,17,19H,2-8H2,1H3. The molecule has 1 aliphatic heterocycles. The van der Waals surface area contributed by atoms with Gasteiger partial charge in [-0.05, 0) is 32.1 Å². The maximum Gasteiger partial charge on any atom is 0.401 e. The van der Waals surface area contributed by atoms with Gasteiger partial charge in [-0.2, -0.15) is 13.2 Å². The number of hydrogen-bond acceptors (Lipinski definition) is 3. The van der Waals surface area contributed by atoms with E-state index in [1.807, 2.05) is 0 Å². The fraction of sp³-hybridized carbons (Fsp3) is 1.00. The lowest BCUT2D eigenvalue weighted by Gasteiger charge is -2.46. The number of piperidine rings is 1. The smallest absolute Gasteiger partial charge is 0.393 e. The number of nitrogens with zero attached hydrogens (tertiary/aromatic N) is 1. The maximum absolute atomic E-state index is 12.3. The van der Waals surface area contributed by atoms with Gasteiger partial charge < -0.3 is 10.4 Å². The highest BCUT2D eigenvalue weighted by atomic mass is 19.4. The Morgan fingerprint density at radius 3 is 2.47 bits per heavy atom. The van der Waals surface area contributed by atoms with Gasteiger partial charge >= 0.3 is 6.18 Å². The molecular formula is C13H23F3N2O. The van der Waals surface area contributed by atoms with E-state index in [4.69, 9.17) is 0 Å². The summed E-state index contributed by atoms with van der Waals surface area (Å²) in [5.41, 5.74) is 0. The Kier molecular flexibility index (Phi) is 4.74. The largest absolute Gasteiger partial charge is 0.401 e. The number of halogens is 3. The maximum atomic E-state index is 12.3. The Balaban J connectivity index is 1.90. The second kappa shape index (κ2) is 5.97. The van der Waals surface area contributed by atoms with Crippen LogP contribution in [0.25, 0.3) is 0 Å². The molecule has 0 aromatic heterocycles. The minimum Gasteiger partial charge on any atom is -0.393 e. The van der Waals surface area contributed by atoms with Crippen LogP contribution in [-0.2, 0) is 0 Å². The van der Waals surface area contributed by atoms with Gasteiger partial charge in [0.15, 0.2) is 0 Å². The second-order valence-electron chi connectivity index (χ2n) is 5.97. The van der Waals surface area contributed by atoms with Crippen LogP contribution in [0.4, 0.5) is 13.2 Å². The van der Waals surface area contributed by atoms with Crippen LogP contribution in [0.3, 0.4) is 0 Å². The minimum atomic E-state index is -4.17. The van der Waals surface area contributed by atoms with Gasteiger partial charge in [0.25, 0.3) is 0 Å². The van der Waals surface area contributed by atoms with Crippen LogP contribution >= 0.6 is 0 Å². The number of nitrogens with one attached hydrogen (secondary N) is 1. The third kappa shape index (κ3) is 4.33. The van der Waals surface area contributed by atoms with Crippen LogP contribution in [0.1, 0.15) is 32.6 Å². The highest BCUT2D eigenvalue weighted by molar-refractivity contribution is 4.91. The lowest BCUT2D eigenvalue weighted by molar-refractivity contribution is -0.128. The molecule has 0 aromatic rings. The van der Waals surface area contributed by atoms with Crippen LogP contribution in [0.2, 0.25) is 0 Å². The molecule has 0 radical (unpaired) electrons. The fourth-order valence-electron chi connectivity index (χ4n) is 2.98. The van der Waals surface area contributed by atoms with Gasteiger partial charge in [0.05, 0.1) is 12.6 Å². The molecule has 0 bridgehead atoms. The van der Waals surface area contributed by atoms with Crippen molar-refractivity contribution in [2.24, 2.45) is 5.92 Å². The molecule has 0 spiro atoms. The molecule has 2 N–H and O–H groups in total. The van der Waals surface area contributed by atoms with Crippen molar-refractivity contribution in [3.05, 3.63) is 0 Å². The Labute approximate surface area is 112 Å². The zero-order chi connectivity index (χ0) is 14.0. The van der Waals surface area contributed by atoms with Crippen LogP contribution in [0, 0.1) is 5.92 Å². The van der Waals surface area contributed by atoms with Gasteiger partial charge in [0, 0.05) is 25.2 Å². The zero-order valence-electron chi connectivity index (χ0n) is 11.3. The predicted octanol–water partition coefficient (Wildman–Crippen LogP) is 1.76. The number of likely N-dealkylation sites (tertiary alicyclic amines) is 1. The van der Waals surface area contributed by atoms with Crippen molar-refractivity contribution in [1.82, 2.24) is 10.2 Å². The van der Waals surface area contributed by atoms with E-state index in [9.17, 15) is 18.3 Å². The number of hydrogen-bond donors (Lipinski definition) is 2. The van der Waals surface area contributed by atoms with Crippen LogP contribution < -0.4 is 5.32 Å². The van der Waals surface area contributed by atoms with Gasteiger partial charge in [-0.15, -0.1) is 0 Å². The van der Waals surface area contributed by atoms with Gasteiger partial charge in [-0.1, -0.05) is 6.42 Å². The van der Waals surface area contributed by atoms with E-state index in [1.165, 1.54) is 6.42 Å². The number of aliphatic hydroxyl groups excluding tert-OH is 1. The molecule has 2 rings (SSSR count). The Hall–Kier alpha value is -0.330. The first-order chi connectivity index (χ1) is 8.85. The molecule has 19 heavy (non-hydrogen) atoms. The van der Waals surface area contributed by atoms with Gasteiger partial charge in [-0.25, -0.2) is 0 Å². The lowest BCUT2D eigenvalue weighted by atomic mass is 9.84.